The lowest BCUT2D eigenvalue weighted by Gasteiger charge is -2.30. The fourth-order valence-corrected chi connectivity index (χ4v) is 7.28. The molecule has 0 N–H and O–H groups in total. The number of nitrogens with zero attached hydrogens (tertiary/aromatic N) is 3. The number of amides is 1. The number of carbonyl (C=O) groups excluding carboxylic acids is 1. The van der Waals surface area contributed by atoms with Crippen LogP contribution in [0.3, 0.4) is 0 Å². The van der Waals surface area contributed by atoms with Crippen LogP contribution in [0.4, 0.5) is 5.69 Å². The molecule has 0 saturated carbocycles. The fourth-order valence-electron chi connectivity index (χ4n) is 4.60. The lowest BCUT2D eigenvalue weighted by atomic mass is 10.0. The number of benzene rings is 3. The summed E-state index contributed by atoms with van der Waals surface area (Å²) >= 11 is 1.36. The molecule has 0 spiro atoms. The van der Waals surface area contributed by atoms with Crippen molar-refractivity contribution in [3.8, 4) is 11.5 Å². The number of aromatic nitrogens is 1. The Hall–Kier alpha value is -3.63. The third kappa shape index (κ3) is 4.51. The molecule has 0 radical (unpaired) electrons. The zero-order valence-electron chi connectivity index (χ0n) is 20.8. The number of fused-ring (bicyclic) bond motifs is 2. The van der Waals surface area contributed by atoms with Crippen LogP contribution in [-0.4, -0.2) is 39.7 Å². The summed E-state index contributed by atoms with van der Waals surface area (Å²) in [6.45, 7) is 2.98. The van der Waals surface area contributed by atoms with Crippen LogP contribution in [0, 0.1) is 0 Å². The minimum atomic E-state index is -3.76. The Labute approximate surface area is 219 Å². The SMILES string of the molecule is CCn1c(=NC(=O)c2ccc(S(=O)(=O)N3CCCc4ccccc43)cc2)sc2cc(OC)cc(OC)c21. The van der Waals surface area contributed by atoms with E-state index in [0.29, 0.717) is 40.6 Å². The second-order valence-corrected chi connectivity index (χ2v) is 11.4. The normalized spacial score (nSPS) is 14.0. The summed E-state index contributed by atoms with van der Waals surface area (Å²) < 4.78 is 42.0. The van der Waals surface area contributed by atoms with Crippen LogP contribution in [0.1, 0.15) is 29.3 Å². The zero-order valence-corrected chi connectivity index (χ0v) is 22.4. The van der Waals surface area contributed by atoms with Crippen LogP contribution in [0.5, 0.6) is 11.5 Å². The Kier molecular flexibility index (Phi) is 6.78. The second kappa shape index (κ2) is 10.0. The second-order valence-electron chi connectivity index (χ2n) is 8.56. The average Bonchev–Trinajstić information content (AvgIpc) is 3.28. The van der Waals surface area contributed by atoms with Gasteiger partial charge in [-0.05, 0) is 61.7 Å². The highest BCUT2D eigenvalue weighted by Gasteiger charge is 2.29. The van der Waals surface area contributed by atoms with E-state index in [4.69, 9.17) is 9.47 Å². The predicted molar refractivity (Wildman–Crippen MR) is 144 cm³/mol. The molecule has 0 bridgehead atoms. The molecule has 0 saturated heterocycles. The van der Waals surface area contributed by atoms with Gasteiger partial charge in [0, 0.05) is 24.7 Å². The minimum Gasteiger partial charge on any atom is -0.497 e. The summed E-state index contributed by atoms with van der Waals surface area (Å²) in [4.78, 5) is 18.1. The van der Waals surface area contributed by atoms with Crippen LogP contribution in [0.25, 0.3) is 10.2 Å². The van der Waals surface area contributed by atoms with Crippen molar-refractivity contribution in [3.05, 3.63) is 76.6 Å². The number of thiazole rings is 1. The van der Waals surface area contributed by atoms with Gasteiger partial charge in [0.25, 0.3) is 15.9 Å². The van der Waals surface area contributed by atoms with E-state index in [-0.39, 0.29) is 4.90 Å². The molecule has 0 fully saturated rings. The number of hydrogen-bond donors (Lipinski definition) is 0. The highest BCUT2D eigenvalue weighted by atomic mass is 32.2. The smallest absolute Gasteiger partial charge is 0.279 e. The van der Waals surface area contributed by atoms with Crippen molar-refractivity contribution in [1.29, 1.82) is 0 Å². The lowest BCUT2D eigenvalue weighted by molar-refractivity contribution is 0.0997. The molecule has 0 atom stereocenters. The van der Waals surface area contributed by atoms with Gasteiger partial charge in [0.15, 0.2) is 4.80 Å². The molecule has 1 amide bonds. The fraction of sp³-hybridized carbons (Fsp3) is 0.259. The molecule has 4 aromatic rings. The largest absolute Gasteiger partial charge is 0.497 e. The quantitative estimate of drug-likeness (QED) is 0.358. The Morgan fingerprint density at radius 3 is 2.51 bits per heavy atom. The first-order valence-electron chi connectivity index (χ1n) is 11.9. The maximum atomic E-state index is 13.4. The van der Waals surface area contributed by atoms with Gasteiger partial charge in [-0.3, -0.25) is 9.10 Å². The van der Waals surface area contributed by atoms with E-state index in [9.17, 15) is 13.2 Å². The molecule has 1 aromatic heterocycles. The molecular weight excluding hydrogens is 510 g/mol. The maximum Gasteiger partial charge on any atom is 0.279 e. The Bertz CT molecular complexity index is 1650. The van der Waals surface area contributed by atoms with Crippen molar-refractivity contribution < 1.29 is 22.7 Å². The number of para-hydroxylation sites is 1. The number of sulfonamides is 1. The molecule has 3 aromatic carbocycles. The van der Waals surface area contributed by atoms with Crippen LogP contribution in [0.2, 0.25) is 0 Å². The van der Waals surface area contributed by atoms with Crippen molar-refractivity contribution in [3.63, 3.8) is 0 Å². The summed E-state index contributed by atoms with van der Waals surface area (Å²) in [7, 11) is -0.578. The number of aryl methyl sites for hydroxylation is 2. The molecule has 1 aliphatic rings. The van der Waals surface area contributed by atoms with E-state index < -0.39 is 15.9 Å². The highest BCUT2D eigenvalue weighted by molar-refractivity contribution is 7.92. The standard InChI is InChI=1S/C27H27N3O5S2/c1-4-29-25-23(35-3)16-20(34-2)17-24(25)36-27(29)28-26(31)19-11-13-21(14-12-19)37(32,33)30-15-7-9-18-8-5-6-10-22(18)30/h5-6,8,10-14,16-17H,4,7,9,15H2,1-3H3. The number of methoxy groups -OCH3 is 2. The third-order valence-corrected chi connectivity index (χ3v) is 9.29. The zero-order chi connectivity index (χ0) is 26.2. The molecule has 8 nitrogen and oxygen atoms in total. The van der Waals surface area contributed by atoms with Gasteiger partial charge >= 0.3 is 0 Å². The minimum absolute atomic E-state index is 0.142. The van der Waals surface area contributed by atoms with Crippen molar-refractivity contribution in [1.82, 2.24) is 4.57 Å². The first-order valence-corrected chi connectivity index (χ1v) is 14.2. The molecule has 2 heterocycles. The summed E-state index contributed by atoms with van der Waals surface area (Å²) in [5, 5.41) is 0. The van der Waals surface area contributed by atoms with Crippen molar-refractivity contribution in [2.75, 3.05) is 25.1 Å². The van der Waals surface area contributed by atoms with E-state index in [1.54, 1.807) is 20.3 Å². The van der Waals surface area contributed by atoms with Crippen molar-refractivity contribution in [2.45, 2.75) is 31.2 Å². The van der Waals surface area contributed by atoms with Gasteiger partial charge in [-0.15, -0.1) is 0 Å². The number of hydrogen-bond acceptors (Lipinski definition) is 6. The number of carbonyl (C=O) groups is 1. The van der Waals surface area contributed by atoms with Gasteiger partial charge < -0.3 is 14.0 Å². The monoisotopic (exact) mass is 537 g/mol. The van der Waals surface area contributed by atoms with Crippen molar-refractivity contribution >= 4 is 43.2 Å². The Morgan fingerprint density at radius 1 is 1.05 bits per heavy atom. The van der Waals surface area contributed by atoms with Gasteiger partial charge in [0.1, 0.15) is 17.0 Å². The Morgan fingerprint density at radius 2 is 1.81 bits per heavy atom. The van der Waals surface area contributed by atoms with Crippen molar-refractivity contribution in [2.24, 2.45) is 4.99 Å². The van der Waals surface area contributed by atoms with Gasteiger partial charge in [-0.25, -0.2) is 8.42 Å². The number of ether oxygens (including phenoxy) is 2. The van der Waals surface area contributed by atoms with Crippen LogP contribution < -0.4 is 18.6 Å². The summed E-state index contributed by atoms with van der Waals surface area (Å²) in [5.74, 6) is 0.835. The Balaban J connectivity index is 1.48. The summed E-state index contributed by atoms with van der Waals surface area (Å²) in [6.07, 6.45) is 1.61. The molecule has 1 aliphatic heterocycles. The van der Waals surface area contributed by atoms with E-state index in [2.05, 4.69) is 4.99 Å². The molecule has 0 aliphatic carbocycles. The first kappa shape index (κ1) is 25.0. The van der Waals surface area contributed by atoms with Crippen LogP contribution >= 0.6 is 11.3 Å². The molecule has 5 rings (SSSR count). The molecule has 37 heavy (non-hydrogen) atoms. The van der Waals surface area contributed by atoms with Gasteiger partial charge in [-0.1, -0.05) is 29.5 Å². The molecule has 192 valence electrons. The lowest BCUT2D eigenvalue weighted by Crippen LogP contribution is -2.35. The number of anilines is 1. The van der Waals surface area contributed by atoms with Crippen LogP contribution in [0.15, 0.2) is 70.6 Å². The molecular formula is C27H27N3O5S2. The van der Waals surface area contributed by atoms with E-state index in [1.165, 1.54) is 39.9 Å². The topological polar surface area (TPSA) is 90.2 Å². The first-order chi connectivity index (χ1) is 17.9. The molecule has 10 heteroatoms. The van der Waals surface area contributed by atoms with Gasteiger partial charge in [0.05, 0.1) is 29.5 Å². The maximum absolute atomic E-state index is 13.4. The highest BCUT2D eigenvalue weighted by Crippen LogP contribution is 2.33. The number of rotatable bonds is 6. The van der Waals surface area contributed by atoms with E-state index in [0.717, 1.165) is 28.6 Å². The van der Waals surface area contributed by atoms with Gasteiger partial charge in [-0.2, -0.15) is 4.99 Å². The summed E-state index contributed by atoms with van der Waals surface area (Å²) in [5.41, 5.74) is 2.88. The third-order valence-electron chi connectivity index (χ3n) is 6.44. The van der Waals surface area contributed by atoms with E-state index >= 15 is 0 Å². The van der Waals surface area contributed by atoms with Crippen LogP contribution in [-0.2, 0) is 23.0 Å². The summed E-state index contributed by atoms with van der Waals surface area (Å²) in [6, 6.07) is 17.2. The van der Waals surface area contributed by atoms with Gasteiger partial charge in [0.2, 0.25) is 0 Å². The van der Waals surface area contributed by atoms with E-state index in [1.807, 2.05) is 41.8 Å². The molecule has 0 unspecified atom stereocenters. The average molecular weight is 538 g/mol. The predicted octanol–water partition coefficient (Wildman–Crippen LogP) is 4.62.